The van der Waals surface area contributed by atoms with Crippen molar-refractivity contribution in [1.82, 2.24) is 20.2 Å². The van der Waals surface area contributed by atoms with Crippen LogP contribution in [0, 0.1) is 29.1 Å². The summed E-state index contributed by atoms with van der Waals surface area (Å²) in [7, 11) is 1.69. The Morgan fingerprint density at radius 2 is 1.83 bits per heavy atom. The van der Waals surface area contributed by atoms with Crippen molar-refractivity contribution >= 4 is 33.7 Å². The lowest BCUT2D eigenvalue weighted by Crippen LogP contribution is -2.48. The van der Waals surface area contributed by atoms with Crippen molar-refractivity contribution in [1.29, 1.82) is 0 Å². The number of hydrogen-bond acceptors (Lipinski definition) is 4. The first kappa shape index (κ1) is 14.4. The molecular formula is C16H15BrN4O3. The van der Waals surface area contributed by atoms with Gasteiger partial charge in [-0.25, -0.2) is 0 Å². The minimum Gasteiger partial charge on any atom is -0.274 e. The van der Waals surface area contributed by atoms with E-state index in [-0.39, 0.29) is 46.6 Å². The highest BCUT2D eigenvalue weighted by molar-refractivity contribution is 9.10. The molecule has 1 aromatic rings. The predicted molar refractivity (Wildman–Crippen MR) is 85.0 cm³/mol. The molecule has 124 valence electrons. The molecule has 7 nitrogen and oxygen atoms in total. The van der Waals surface area contributed by atoms with E-state index in [1.165, 1.54) is 4.68 Å². The Hall–Kier alpha value is -1.96. The van der Waals surface area contributed by atoms with Crippen LogP contribution in [0.15, 0.2) is 22.8 Å². The van der Waals surface area contributed by atoms with Gasteiger partial charge in [0.25, 0.3) is 17.7 Å². The summed E-state index contributed by atoms with van der Waals surface area (Å²) in [6.45, 7) is 0. The van der Waals surface area contributed by atoms with Crippen LogP contribution in [0.1, 0.15) is 23.3 Å². The molecule has 2 heterocycles. The zero-order valence-electron chi connectivity index (χ0n) is 12.9. The van der Waals surface area contributed by atoms with Gasteiger partial charge in [0, 0.05) is 13.2 Å². The molecule has 8 heteroatoms. The summed E-state index contributed by atoms with van der Waals surface area (Å²) in [4.78, 5) is 37.9. The fourth-order valence-electron chi connectivity index (χ4n) is 4.96. The first-order chi connectivity index (χ1) is 11.4. The van der Waals surface area contributed by atoms with E-state index in [1.807, 2.05) is 0 Å². The van der Waals surface area contributed by atoms with E-state index in [4.69, 9.17) is 0 Å². The standard InChI is InChI=1S/C16H15BrN4O3/c1-20-6-9(17)12(18-20)13(22)19-21-14(23)10-7-2-3-8(11(10)15(21)24)16(7)4-5-16/h2-3,6-8,10-11H,4-5H2,1H3,(H,19,22)/t7-,8-,10-,11+/m1/s1. The number of nitrogens with one attached hydrogen (secondary N) is 1. The number of carbonyl (C=O) groups is 3. The summed E-state index contributed by atoms with van der Waals surface area (Å²) < 4.78 is 2.00. The Balaban J connectivity index is 1.42. The van der Waals surface area contributed by atoms with Crippen LogP contribution in [-0.2, 0) is 16.6 Å². The number of allylic oxidation sites excluding steroid dienone is 2. The van der Waals surface area contributed by atoms with Gasteiger partial charge < -0.3 is 0 Å². The summed E-state index contributed by atoms with van der Waals surface area (Å²) in [5, 5.41) is 4.96. The molecule has 0 radical (unpaired) electrons. The highest BCUT2D eigenvalue weighted by atomic mass is 79.9. The van der Waals surface area contributed by atoms with Crippen LogP contribution in [0.4, 0.5) is 0 Å². The van der Waals surface area contributed by atoms with Crippen LogP contribution in [0.5, 0.6) is 0 Å². The molecule has 2 bridgehead atoms. The van der Waals surface area contributed by atoms with E-state index < -0.39 is 5.91 Å². The van der Waals surface area contributed by atoms with E-state index in [2.05, 4.69) is 38.6 Å². The maximum absolute atomic E-state index is 12.8. The Labute approximate surface area is 146 Å². The number of amides is 3. The van der Waals surface area contributed by atoms with Gasteiger partial charge in [-0.3, -0.25) is 24.5 Å². The molecule has 1 saturated heterocycles. The summed E-state index contributed by atoms with van der Waals surface area (Å²) in [6, 6.07) is 0. The van der Waals surface area contributed by atoms with Gasteiger partial charge >= 0.3 is 0 Å². The first-order valence-electron chi connectivity index (χ1n) is 8.00. The molecule has 1 aromatic heterocycles. The van der Waals surface area contributed by atoms with Crippen molar-refractivity contribution in [3.05, 3.63) is 28.5 Å². The van der Waals surface area contributed by atoms with Gasteiger partial charge in [-0.2, -0.15) is 10.1 Å². The van der Waals surface area contributed by atoms with Gasteiger partial charge in [0.2, 0.25) is 0 Å². The monoisotopic (exact) mass is 390 g/mol. The molecule has 1 N–H and O–H groups in total. The van der Waals surface area contributed by atoms with E-state index in [9.17, 15) is 14.4 Å². The predicted octanol–water partition coefficient (Wildman–Crippen LogP) is 1.02. The lowest BCUT2D eigenvalue weighted by Gasteiger charge is -2.21. The van der Waals surface area contributed by atoms with Gasteiger partial charge in [0.1, 0.15) is 0 Å². The van der Waals surface area contributed by atoms with Crippen LogP contribution in [0.3, 0.4) is 0 Å². The number of nitrogens with zero attached hydrogens (tertiary/aromatic N) is 3. The normalized spacial score (nSPS) is 34.3. The summed E-state index contributed by atoms with van der Waals surface area (Å²) >= 11 is 3.26. The lowest BCUT2D eigenvalue weighted by molar-refractivity contribution is -0.144. The first-order valence-corrected chi connectivity index (χ1v) is 8.79. The minimum absolute atomic E-state index is 0.146. The summed E-state index contributed by atoms with van der Waals surface area (Å²) in [5.41, 5.74) is 2.76. The Morgan fingerprint density at radius 1 is 1.25 bits per heavy atom. The molecule has 4 aliphatic rings. The zero-order valence-corrected chi connectivity index (χ0v) is 14.5. The number of hydrazine groups is 1. The van der Waals surface area contributed by atoms with E-state index in [0.717, 1.165) is 17.9 Å². The van der Waals surface area contributed by atoms with Crippen LogP contribution < -0.4 is 5.43 Å². The molecular weight excluding hydrogens is 376 g/mol. The third-order valence-corrected chi connectivity index (χ3v) is 6.65. The van der Waals surface area contributed by atoms with Gasteiger partial charge in [-0.1, -0.05) is 12.2 Å². The zero-order chi connectivity index (χ0) is 16.8. The summed E-state index contributed by atoms with van der Waals surface area (Å²) in [5.74, 6) is -1.47. The second kappa shape index (κ2) is 4.36. The van der Waals surface area contributed by atoms with Gasteiger partial charge in [-0.15, -0.1) is 0 Å². The van der Waals surface area contributed by atoms with Crippen molar-refractivity contribution in [2.24, 2.45) is 36.1 Å². The fraction of sp³-hybridized carbons (Fsp3) is 0.500. The SMILES string of the molecule is Cn1cc(Br)c(C(=O)NN2C(=O)[C@@H]3[C@H](C2=O)[C@H]2C=C[C@H]3C23CC3)n1. The van der Waals surface area contributed by atoms with Crippen LogP contribution >= 0.6 is 15.9 Å². The van der Waals surface area contributed by atoms with Crippen molar-refractivity contribution in [2.75, 3.05) is 0 Å². The Morgan fingerprint density at radius 3 is 2.29 bits per heavy atom. The molecule has 2 saturated carbocycles. The van der Waals surface area contributed by atoms with Crippen molar-refractivity contribution < 1.29 is 14.4 Å². The van der Waals surface area contributed by atoms with E-state index in [1.54, 1.807) is 13.2 Å². The number of aryl methyl sites for hydroxylation is 1. The maximum Gasteiger partial charge on any atom is 0.291 e. The number of fused-ring (bicyclic) bond motifs is 3. The highest BCUT2D eigenvalue weighted by Gasteiger charge is 2.73. The minimum atomic E-state index is -0.564. The molecule has 1 aliphatic heterocycles. The Kier molecular flexibility index (Phi) is 2.61. The second-order valence-corrected chi connectivity index (χ2v) is 8.03. The highest BCUT2D eigenvalue weighted by Crippen LogP contribution is 2.73. The molecule has 0 aromatic carbocycles. The van der Waals surface area contributed by atoms with E-state index in [0.29, 0.717) is 4.47 Å². The number of rotatable bonds is 2. The number of hydrogen-bond donors (Lipinski definition) is 1. The molecule has 3 fully saturated rings. The summed E-state index contributed by atoms with van der Waals surface area (Å²) in [6.07, 6.45) is 8.03. The molecule has 3 aliphatic carbocycles. The van der Waals surface area contributed by atoms with Crippen molar-refractivity contribution in [3.8, 4) is 0 Å². The topological polar surface area (TPSA) is 84.3 Å². The fourth-order valence-corrected chi connectivity index (χ4v) is 5.51. The van der Waals surface area contributed by atoms with Crippen LogP contribution in [0.2, 0.25) is 0 Å². The molecule has 0 unspecified atom stereocenters. The molecule has 5 rings (SSSR count). The third kappa shape index (κ3) is 1.57. The Bertz CT molecular complexity index is 806. The molecule has 24 heavy (non-hydrogen) atoms. The van der Waals surface area contributed by atoms with Gasteiger partial charge in [0.15, 0.2) is 5.69 Å². The maximum atomic E-state index is 12.8. The van der Waals surface area contributed by atoms with Crippen molar-refractivity contribution in [2.45, 2.75) is 12.8 Å². The second-order valence-electron chi connectivity index (χ2n) is 7.17. The number of halogens is 1. The molecule has 4 atom stereocenters. The van der Waals surface area contributed by atoms with Gasteiger partial charge in [0.05, 0.1) is 16.3 Å². The van der Waals surface area contributed by atoms with Crippen LogP contribution in [-0.4, -0.2) is 32.5 Å². The third-order valence-electron chi connectivity index (χ3n) is 6.07. The van der Waals surface area contributed by atoms with Crippen molar-refractivity contribution in [3.63, 3.8) is 0 Å². The number of aromatic nitrogens is 2. The average molecular weight is 391 g/mol. The quantitative estimate of drug-likeness (QED) is 0.603. The van der Waals surface area contributed by atoms with Gasteiger partial charge in [-0.05, 0) is 46.0 Å². The smallest absolute Gasteiger partial charge is 0.274 e. The number of imide groups is 1. The van der Waals surface area contributed by atoms with E-state index >= 15 is 0 Å². The van der Waals surface area contributed by atoms with Crippen LogP contribution in [0.25, 0.3) is 0 Å². The lowest BCUT2D eigenvalue weighted by atomic mass is 9.85. The largest absolute Gasteiger partial charge is 0.291 e. The molecule has 1 spiro atoms. The number of carbonyl (C=O) groups excluding carboxylic acids is 3. The molecule has 3 amide bonds. The average Bonchev–Trinajstić information content (AvgIpc) is 2.99.